The zero-order chi connectivity index (χ0) is 18.1. The third-order valence-corrected chi connectivity index (χ3v) is 5.61. The van der Waals surface area contributed by atoms with E-state index in [4.69, 9.17) is 4.74 Å². The average Bonchev–Trinajstić information content (AvgIpc) is 2.88. The summed E-state index contributed by atoms with van der Waals surface area (Å²) in [5.41, 5.74) is 0.875. The highest BCUT2D eigenvalue weighted by Gasteiger charge is 2.27. The van der Waals surface area contributed by atoms with Crippen molar-refractivity contribution >= 4 is 48.7 Å². The number of carbonyl (C=O) groups is 1. The summed E-state index contributed by atoms with van der Waals surface area (Å²) < 4.78 is 7.74. The molecule has 1 aromatic carbocycles. The normalized spacial score (nSPS) is 10.6. The van der Waals surface area contributed by atoms with Crippen LogP contribution in [0.2, 0.25) is 0 Å². The fourth-order valence-corrected chi connectivity index (χ4v) is 3.66. The van der Waals surface area contributed by atoms with Crippen molar-refractivity contribution in [2.45, 2.75) is 6.92 Å². The Labute approximate surface area is 159 Å². The van der Waals surface area contributed by atoms with Crippen LogP contribution in [-0.4, -0.2) is 27.2 Å². The highest BCUT2D eigenvalue weighted by atomic mass is 79.9. The van der Waals surface area contributed by atoms with Gasteiger partial charge in [0.1, 0.15) is 10.7 Å². The molecule has 3 rings (SSSR count). The lowest BCUT2D eigenvalue weighted by molar-refractivity contribution is 0.0516. The fraction of sp³-hybridized carbons (Fsp3) is 0.118. The number of benzene rings is 1. The molecule has 0 spiro atoms. The maximum absolute atomic E-state index is 12.1. The van der Waals surface area contributed by atoms with Crippen molar-refractivity contribution in [1.29, 1.82) is 5.26 Å². The first-order valence-corrected chi connectivity index (χ1v) is 8.84. The van der Waals surface area contributed by atoms with Gasteiger partial charge in [0.15, 0.2) is 17.1 Å². The minimum absolute atomic E-state index is 0.00565. The molecular weight excluding hydrogens is 454 g/mol. The Bertz CT molecular complexity index is 1020. The molecule has 2 aromatic heterocycles. The lowest BCUT2D eigenvalue weighted by Crippen LogP contribution is -2.09. The molecule has 0 radical (unpaired) electrons. The molecule has 0 bridgehead atoms. The van der Waals surface area contributed by atoms with E-state index in [9.17, 15) is 15.2 Å². The molecule has 0 aliphatic heterocycles. The molecular formula is C17H11Br2N3O3. The maximum Gasteiger partial charge on any atom is 0.360 e. The van der Waals surface area contributed by atoms with Gasteiger partial charge in [-0.3, -0.25) is 4.57 Å². The molecule has 126 valence electrons. The standard InChI is InChI=1S/C17H11Br2N3O3/c1-2-25-17(24)13-15(23)11-12(18)16(19)22(9-6-4-3-5-7-9)14(11)10(8-20)21-13/h3-7,23H,2H2,1H3. The number of aromatic hydroxyl groups is 1. The van der Waals surface area contributed by atoms with Crippen LogP contribution in [0.15, 0.2) is 39.4 Å². The summed E-state index contributed by atoms with van der Waals surface area (Å²) in [6, 6.07) is 11.3. The number of halogens is 2. The van der Waals surface area contributed by atoms with E-state index in [-0.39, 0.29) is 23.7 Å². The van der Waals surface area contributed by atoms with E-state index in [0.717, 1.165) is 5.69 Å². The number of fused-ring (bicyclic) bond motifs is 1. The number of nitrogens with zero attached hydrogens (tertiary/aromatic N) is 3. The number of ether oxygens (including phenoxy) is 1. The van der Waals surface area contributed by atoms with E-state index in [2.05, 4.69) is 36.8 Å². The van der Waals surface area contributed by atoms with Crippen LogP contribution in [0, 0.1) is 11.3 Å². The number of esters is 1. The second-order valence-corrected chi connectivity index (χ2v) is 6.53. The van der Waals surface area contributed by atoms with Crippen molar-refractivity contribution in [3.05, 3.63) is 50.8 Å². The predicted molar refractivity (Wildman–Crippen MR) is 98.8 cm³/mol. The van der Waals surface area contributed by atoms with Crippen molar-refractivity contribution in [3.8, 4) is 17.5 Å². The van der Waals surface area contributed by atoms with E-state index in [1.165, 1.54) is 0 Å². The van der Waals surface area contributed by atoms with Gasteiger partial charge in [-0.15, -0.1) is 0 Å². The zero-order valence-electron chi connectivity index (χ0n) is 13.0. The summed E-state index contributed by atoms with van der Waals surface area (Å²) in [5, 5.41) is 20.4. The Kier molecular flexibility index (Phi) is 4.79. The van der Waals surface area contributed by atoms with E-state index in [0.29, 0.717) is 20.0 Å². The lowest BCUT2D eigenvalue weighted by atomic mass is 10.2. The number of carbonyl (C=O) groups excluding carboxylic acids is 1. The van der Waals surface area contributed by atoms with E-state index < -0.39 is 5.97 Å². The summed E-state index contributed by atoms with van der Waals surface area (Å²) in [6.45, 7) is 1.78. The molecule has 0 unspecified atom stereocenters. The van der Waals surface area contributed by atoms with Gasteiger partial charge in [0.25, 0.3) is 0 Å². The van der Waals surface area contributed by atoms with E-state index in [1.807, 2.05) is 36.4 Å². The van der Waals surface area contributed by atoms with Crippen LogP contribution in [0.1, 0.15) is 23.1 Å². The monoisotopic (exact) mass is 463 g/mol. The number of nitriles is 1. The largest absolute Gasteiger partial charge is 0.505 e. The van der Waals surface area contributed by atoms with Crippen molar-refractivity contribution in [1.82, 2.24) is 9.55 Å². The molecule has 3 aromatic rings. The summed E-state index contributed by atoms with van der Waals surface area (Å²) in [4.78, 5) is 16.1. The molecule has 8 heteroatoms. The first-order valence-electron chi connectivity index (χ1n) is 7.26. The number of para-hydroxylation sites is 1. The van der Waals surface area contributed by atoms with Crippen LogP contribution in [0.3, 0.4) is 0 Å². The summed E-state index contributed by atoms with van der Waals surface area (Å²) in [5.74, 6) is -1.12. The van der Waals surface area contributed by atoms with Crippen LogP contribution < -0.4 is 0 Å². The van der Waals surface area contributed by atoms with E-state index in [1.54, 1.807) is 11.5 Å². The first-order chi connectivity index (χ1) is 12.0. The number of aromatic nitrogens is 2. The van der Waals surface area contributed by atoms with Gasteiger partial charge in [-0.1, -0.05) is 18.2 Å². The smallest absolute Gasteiger partial charge is 0.360 e. The number of pyridine rings is 1. The SMILES string of the molecule is CCOC(=O)c1nc(C#N)c2c(c1O)c(Br)c(Br)n2-c1ccccc1. The van der Waals surface area contributed by atoms with Crippen LogP contribution >= 0.6 is 31.9 Å². The van der Waals surface area contributed by atoms with Crippen molar-refractivity contribution in [2.24, 2.45) is 0 Å². The summed E-state index contributed by atoms with van der Waals surface area (Å²) >= 11 is 6.89. The topological polar surface area (TPSA) is 88.1 Å². The average molecular weight is 465 g/mol. The Balaban J connectivity index is 2.43. The molecule has 0 aliphatic rings. The minimum atomic E-state index is -0.783. The second kappa shape index (κ2) is 6.86. The Morgan fingerprint density at radius 2 is 2.04 bits per heavy atom. The van der Waals surface area contributed by atoms with Crippen LogP contribution in [0.5, 0.6) is 5.75 Å². The quantitative estimate of drug-likeness (QED) is 0.583. The van der Waals surface area contributed by atoms with Crippen LogP contribution in [-0.2, 0) is 4.74 Å². The highest BCUT2D eigenvalue weighted by molar-refractivity contribution is 9.13. The van der Waals surface area contributed by atoms with Gasteiger partial charge in [0.05, 0.1) is 22.0 Å². The van der Waals surface area contributed by atoms with Gasteiger partial charge < -0.3 is 9.84 Å². The second-order valence-electron chi connectivity index (χ2n) is 4.99. The molecule has 1 N–H and O–H groups in total. The zero-order valence-corrected chi connectivity index (χ0v) is 16.1. The third-order valence-electron chi connectivity index (χ3n) is 3.56. The first kappa shape index (κ1) is 17.5. The predicted octanol–water partition coefficient (Wildman–Crippen LogP) is 4.30. The highest BCUT2D eigenvalue weighted by Crippen LogP contribution is 2.43. The molecule has 0 saturated carbocycles. The van der Waals surface area contributed by atoms with Gasteiger partial charge in [0.2, 0.25) is 0 Å². The fourth-order valence-electron chi connectivity index (χ4n) is 2.53. The molecule has 0 amide bonds. The minimum Gasteiger partial charge on any atom is -0.505 e. The molecule has 25 heavy (non-hydrogen) atoms. The Morgan fingerprint density at radius 3 is 2.64 bits per heavy atom. The molecule has 6 nitrogen and oxygen atoms in total. The maximum atomic E-state index is 12.1. The number of hydrogen-bond donors (Lipinski definition) is 1. The number of rotatable bonds is 3. The molecule has 2 heterocycles. The van der Waals surface area contributed by atoms with Crippen molar-refractivity contribution in [2.75, 3.05) is 6.61 Å². The van der Waals surface area contributed by atoms with Gasteiger partial charge in [-0.2, -0.15) is 5.26 Å². The molecule has 0 atom stereocenters. The Hall–Kier alpha value is -2.37. The van der Waals surface area contributed by atoms with Gasteiger partial charge in [-0.05, 0) is 50.9 Å². The van der Waals surface area contributed by atoms with Gasteiger partial charge in [-0.25, -0.2) is 9.78 Å². The van der Waals surface area contributed by atoms with E-state index >= 15 is 0 Å². The Morgan fingerprint density at radius 1 is 1.36 bits per heavy atom. The van der Waals surface area contributed by atoms with Gasteiger partial charge in [0, 0.05) is 5.69 Å². The van der Waals surface area contributed by atoms with Crippen LogP contribution in [0.25, 0.3) is 16.6 Å². The summed E-state index contributed by atoms with van der Waals surface area (Å²) in [7, 11) is 0. The van der Waals surface area contributed by atoms with Crippen molar-refractivity contribution in [3.63, 3.8) is 0 Å². The third kappa shape index (κ3) is 2.79. The summed E-state index contributed by atoms with van der Waals surface area (Å²) in [6.07, 6.45) is 0. The van der Waals surface area contributed by atoms with Crippen LogP contribution in [0.4, 0.5) is 0 Å². The number of hydrogen-bond acceptors (Lipinski definition) is 5. The molecule has 0 aliphatic carbocycles. The van der Waals surface area contributed by atoms with Gasteiger partial charge >= 0.3 is 5.97 Å². The molecule has 0 fully saturated rings. The van der Waals surface area contributed by atoms with Crippen molar-refractivity contribution < 1.29 is 14.6 Å². The molecule has 0 saturated heterocycles. The lowest BCUT2D eigenvalue weighted by Gasteiger charge is -2.10.